The largest absolute Gasteiger partial charge is 0.349 e. The minimum absolute atomic E-state index is 0.000646. The monoisotopic (exact) mass is 294 g/mol. The zero-order chi connectivity index (χ0) is 14.9. The molecule has 0 aliphatic carbocycles. The molecule has 0 radical (unpaired) electrons. The summed E-state index contributed by atoms with van der Waals surface area (Å²) in [7, 11) is 3.37. The van der Waals surface area contributed by atoms with Gasteiger partial charge < -0.3 is 9.80 Å². The van der Waals surface area contributed by atoms with Crippen LogP contribution in [-0.2, 0) is 9.59 Å². The number of nitrogens with zero attached hydrogens (tertiary/aromatic N) is 2. The standard InChI is InChI=1S/C14H15ClN2O3/c1-16(2)12(18)4-3-7-17-11-6-5-9(15)8-10(11)13(19)14(17)20/h5-6,8H,3-4,7H2,1-2H3. The average molecular weight is 295 g/mol. The van der Waals surface area contributed by atoms with Crippen LogP contribution in [0.4, 0.5) is 5.69 Å². The molecule has 106 valence electrons. The van der Waals surface area contributed by atoms with E-state index in [0.717, 1.165) is 0 Å². The van der Waals surface area contributed by atoms with E-state index in [0.29, 0.717) is 35.7 Å². The molecule has 0 unspecified atom stereocenters. The molecule has 0 spiro atoms. The van der Waals surface area contributed by atoms with E-state index >= 15 is 0 Å². The van der Waals surface area contributed by atoms with Crippen LogP contribution in [0.1, 0.15) is 23.2 Å². The minimum Gasteiger partial charge on any atom is -0.349 e. The van der Waals surface area contributed by atoms with Crippen LogP contribution in [0, 0.1) is 0 Å². The van der Waals surface area contributed by atoms with Crippen LogP contribution in [0.2, 0.25) is 5.02 Å². The van der Waals surface area contributed by atoms with Crippen molar-refractivity contribution >= 4 is 34.9 Å². The first-order valence-electron chi connectivity index (χ1n) is 6.27. The van der Waals surface area contributed by atoms with Crippen LogP contribution < -0.4 is 4.90 Å². The molecule has 2 rings (SSSR count). The summed E-state index contributed by atoms with van der Waals surface area (Å²) in [6, 6.07) is 4.81. The number of Topliss-reactive ketones (excluding diaryl/α,β-unsaturated/α-hetero) is 1. The van der Waals surface area contributed by atoms with E-state index < -0.39 is 11.7 Å². The number of hydrogen-bond donors (Lipinski definition) is 0. The van der Waals surface area contributed by atoms with Gasteiger partial charge in [0.25, 0.3) is 11.7 Å². The second-order valence-electron chi connectivity index (χ2n) is 4.84. The summed E-state index contributed by atoms with van der Waals surface area (Å²) < 4.78 is 0. The Balaban J connectivity index is 2.09. The van der Waals surface area contributed by atoms with Gasteiger partial charge in [-0.3, -0.25) is 14.4 Å². The maximum Gasteiger partial charge on any atom is 0.299 e. The predicted octanol–water partition coefficient (Wildman–Crippen LogP) is 1.74. The summed E-state index contributed by atoms with van der Waals surface area (Å²) >= 11 is 5.83. The zero-order valence-electron chi connectivity index (χ0n) is 11.4. The molecule has 0 bridgehead atoms. The summed E-state index contributed by atoms with van der Waals surface area (Å²) in [5, 5.41) is 0.425. The minimum atomic E-state index is -0.556. The highest BCUT2D eigenvalue weighted by molar-refractivity contribution is 6.52. The van der Waals surface area contributed by atoms with Gasteiger partial charge >= 0.3 is 0 Å². The molecule has 0 N–H and O–H groups in total. The second-order valence-corrected chi connectivity index (χ2v) is 5.28. The lowest BCUT2D eigenvalue weighted by Gasteiger charge is -2.17. The molecule has 1 aromatic carbocycles. The van der Waals surface area contributed by atoms with Gasteiger partial charge in [0, 0.05) is 32.1 Å². The predicted molar refractivity (Wildman–Crippen MR) is 76.1 cm³/mol. The maximum atomic E-state index is 11.9. The molecule has 2 amide bonds. The van der Waals surface area contributed by atoms with E-state index in [-0.39, 0.29) is 5.91 Å². The SMILES string of the molecule is CN(C)C(=O)CCCN1C(=O)C(=O)c2cc(Cl)ccc21. The molecule has 0 atom stereocenters. The molecule has 5 nitrogen and oxygen atoms in total. The van der Waals surface area contributed by atoms with Crippen molar-refractivity contribution in [2.75, 3.05) is 25.5 Å². The van der Waals surface area contributed by atoms with Gasteiger partial charge in [-0.1, -0.05) is 11.6 Å². The first-order valence-corrected chi connectivity index (χ1v) is 6.65. The van der Waals surface area contributed by atoms with Crippen LogP contribution in [-0.4, -0.2) is 43.1 Å². The normalized spacial score (nSPS) is 13.7. The number of benzene rings is 1. The number of anilines is 1. The summed E-state index contributed by atoms with van der Waals surface area (Å²) in [5.74, 6) is -1.10. The lowest BCUT2D eigenvalue weighted by Crippen LogP contribution is -2.31. The van der Waals surface area contributed by atoms with Crippen molar-refractivity contribution in [2.45, 2.75) is 12.8 Å². The third-order valence-electron chi connectivity index (χ3n) is 3.20. The molecule has 1 aliphatic heterocycles. The summed E-state index contributed by atoms with van der Waals surface area (Å²) in [5.41, 5.74) is 0.906. The van der Waals surface area contributed by atoms with Gasteiger partial charge in [0.1, 0.15) is 0 Å². The van der Waals surface area contributed by atoms with E-state index in [4.69, 9.17) is 11.6 Å². The fraction of sp³-hybridized carbons (Fsp3) is 0.357. The highest BCUT2D eigenvalue weighted by Crippen LogP contribution is 2.31. The van der Waals surface area contributed by atoms with Crippen molar-refractivity contribution in [2.24, 2.45) is 0 Å². The van der Waals surface area contributed by atoms with Crippen LogP contribution in [0.15, 0.2) is 18.2 Å². The molecular formula is C14H15ClN2O3. The van der Waals surface area contributed by atoms with E-state index in [2.05, 4.69) is 0 Å². The fourth-order valence-corrected chi connectivity index (χ4v) is 2.28. The second kappa shape index (κ2) is 5.63. The molecule has 0 saturated heterocycles. The summed E-state index contributed by atoms with van der Waals surface area (Å²) in [6.45, 7) is 0.346. The summed E-state index contributed by atoms with van der Waals surface area (Å²) in [4.78, 5) is 38.2. The van der Waals surface area contributed by atoms with Crippen LogP contribution in [0.25, 0.3) is 0 Å². The van der Waals surface area contributed by atoms with Gasteiger partial charge in [0.15, 0.2) is 0 Å². The van der Waals surface area contributed by atoms with Crippen molar-refractivity contribution in [3.8, 4) is 0 Å². The van der Waals surface area contributed by atoms with E-state index in [1.165, 1.54) is 15.9 Å². The lowest BCUT2D eigenvalue weighted by atomic mass is 10.1. The number of fused-ring (bicyclic) bond motifs is 1. The molecule has 0 aromatic heterocycles. The van der Waals surface area contributed by atoms with E-state index in [1.54, 1.807) is 26.2 Å². The average Bonchev–Trinajstić information content (AvgIpc) is 2.63. The number of ketones is 1. The topological polar surface area (TPSA) is 57.7 Å². The third kappa shape index (κ3) is 2.67. The van der Waals surface area contributed by atoms with Gasteiger partial charge in [-0.25, -0.2) is 0 Å². The number of carbonyl (C=O) groups excluding carboxylic acids is 3. The van der Waals surface area contributed by atoms with Crippen LogP contribution in [0.5, 0.6) is 0 Å². The first-order chi connectivity index (χ1) is 9.41. The van der Waals surface area contributed by atoms with Crippen molar-refractivity contribution in [3.05, 3.63) is 28.8 Å². The quantitative estimate of drug-likeness (QED) is 0.795. The molecule has 20 heavy (non-hydrogen) atoms. The molecule has 0 saturated carbocycles. The van der Waals surface area contributed by atoms with Crippen molar-refractivity contribution in [1.29, 1.82) is 0 Å². The number of hydrogen-bond acceptors (Lipinski definition) is 3. The highest BCUT2D eigenvalue weighted by atomic mass is 35.5. The smallest absolute Gasteiger partial charge is 0.299 e. The Morgan fingerprint density at radius 1 is 1.30 bits per heavy atom. The fourth-order valence-electron chi connectivity index (χ4n) is 2.11. The lowest BCUT2D eigenvalue weighted by molar-refractivity contribution is -0.128. The van der Waals surface area contributed by atoms with Gasteiger partial charge in [0.2, 0.25) is 5.91 Å². The number of carbonyl (C=O) groups is 3. The molecule has 6 heteroatoms. The Morgan fingerprint density at radius 3 is 2.65 bits per heavy atom. The van der Waals surface area contributed by atoms with Gasteiger partial charge in [-0.05, 0) is 24.6 Å². The van der Waals surface area contributed by atoms with E-state index in [9.17, 15) is 14.4 Å². The van der Waals surface area contributed by atoms with Crippen LogP contribution >= 0.6 is 11.6 Å². The first kappa shape index (κ1) is 14.5. The van der Waals surface area contributed by atoms with Gasteiger partial charge in [-0.2, -0.15) is 0 Å². The number of rotatable bonds is 4. The zero-order valence-corrected chi connectivity index (χ0v) is 12.1. The molecule has 0 fully saturated rings. The Kier molecular flexibility index (Phi) is 4.09. The Bertz CT molecular complexity index is 584. The van der Waals surface area contributed by atoms with Crippen molar-refractivity contribution in [3.63, 3.8) is 0 Å². The highest BCUT2D eigenvalue weighted by Gasteiger charge is 2.35. The summed E-state index contributed by atoms with van der Waals surface area (Å²) in [6.07, 6.45) is 0.853. The Morgan fingerprint density at radius 2 is 2.00 bits per heavy atom. The number of halogens is 1. The van der Waals surface area contributed by atoms with Gasteiger partial charge in [-0.15, -0.1) is 0 Å². The van der Waals surface area contributed by atoms with E-state index in [1.807, 2.05) is 0 Å². The van der Waals surface area contributed by atoms with Crippen molar-refractivity contribution < 1.29 is 14.4 Å². The number of amides is 2. The molecule has 1 aliphatic rings. The van der Waals surface area contributed by atoms with Crippen molar-refractivity contribution in [1.82, 2.24) is 4.90 Å². The molecule has 1 heterocycles. The molecule has 1 aromatic rings. The Labute approximate surface area is 122 Å². The molecular weight excluding hydrogens is 280 g/mol. The van der Waals surface area contributed by atoms with Gasteiger partial charge in [0.05, 0.1) is 11.3 Å². The third-order valence-corrected chi connectivity index (χ3v) is 3.44. The van der Waals surface area contributed by atoms with Crippen LogP contribution in [0.3, 0.4) is 0 Å². The maximum absolute atomic E-state index is 11.9. The Hall–Kier alpha value is -1.88.